The summed E-state index contributed by atoms with van der Waals surface area (Å²) in [4.78, 5) is 30.2. The van der Waals surface area contributed by atoms with E-state index in [0.29, 0.717) is 5.52 Å². The van der Waals surface area contributed by atoms with Gasteiger partial charge < -0.3 is 50.5 Å². The number of H-pyrrole nitrogens is 1. The SMILES string of the molecule is Nc1ncnc2c1[nH]c[n+]2[C@@H]1O[C@H](COP(=O)(O)OP(=O)(O)O[C@H]2O[C@@H](CO)[C@H](O)[C@@H]2O)[C@@H](O)[C@H]1O. The van der Waals surface area contributed by atoms with Crippen molar-refractivity contribution in [2.75, 3.05) is 18.9 Å². The molecule has 2 aliphatic heterocycles. The third-order valence-electron chi connectivity index (χ3n) is 5.40. The summed E-state index contributed by atoms with van der Waals surface area (Å²) in [5.41, 5.74) is 6.29. The number of fused-ring (bicyclic) bond motifs is 1. The second-order valence-corrected chi connectivity index (χ2v) is 10.8. The number of phosphoric acid groups is 2. The smallest absolute Gasteiger partial charge is 0.394 e. The predicted molar refractivity (Wildman–Crippen MR) is 110 cm³/mol. The second-order valence-electron chi connectivity index (χ2n) is 7.81. The molecule has 0 bridgehead atoms. The maximum Gasteiger partial charge on any atom is 0.483 e. The molecule has 4 rings (SSSR count). The van der Waals surface area contributed by atoms with Crippen molar-refractivity contribution < 1.29 is 71.8 Å². The van der Waals surface area contributed by atoms with Crippen LogP contribution >= 0.6 is 15.6 Å². The van der Waals surface area contributed by atoms with Crippen molar-refractivity contribution in [3.63, 3.8) is 0 Å². The van der Waals surface area contributed by atoms with E-state index in [1.807, 2.05) is 0 Å². The number of ether oxygens (including phenoxy) is 2. The van der Waals surface area contributed by atoms with Crippen LogP contribution in [0.1, 0.15) is 6.23 Å². The number of aliphatic hydroxyl groups is 5. The van der Waals surface area contributed by atoms with Gasteiger partial charge in [0, 0.05) is 0 Å². The minimum absolute atomic E-state index is 0.109. The first-order valence-electron chi connectivity index (χ1n) is 10.2. The Morgan fingerprint density at radius 2 is 1.72 bits per heavy atom. The molecule has 2 unspecified atom stereocenters. The Hall–Kier alpha value is -1.67. The number of phosphoric ester groups is 2. The summed E-state index contributed by atoms with van der Waals surface area (Å²) in [6.45, 7) is -1.65. The standard InChI is InChI=1S/C15H23N5O14P2/c16-12-7-13(18-3-17-12)20(4-19-7)14-10(24)9(23)6(31-14)2-30-35(26,27)34-36(28,29)33-15-11(25)8(22)5(1-21)32-15/h3-6,8-11,14-15,21-25H,1-2H2,(H4,16,17,18,26,27,28,29)/p+1/t5-,6+,8-,9+,10+,11-,14+,15+/m0/s1. The number of aromatic nitrogens is 4. The molecule has 10 atom stereocenters. The number of hydrogen-bond acceptors (Lipinski definition) is 15. The molecule has 0 amide bonds. The molecule has 2 fully saturated rings. The van der Waals surface area contributed by atoms with Crippen LogP contribution in [0.4, 0.5) is 5.82 Å². The lowest BCUT2D eigenvalue weighted by Gasteiger charge is -2.21. The summed E-state index contributed by atoms with van der Waals surface area (Å²) in [6, 6.07) is 0. The highest BCUT2D eigenvalue weighted by Crippen LogP contribution is 2.61. The Bertz CT molecular complexity index is 1180. The second kappa shape index (κ2) is 10.2. The first-order valence-corrected chi connectivity index (χ1v) is 13.2. The van der Waals surface area contributed by atoms with Crippen molar-refractivity contribution in [1.82, 2.24) is 15.0 Å². The van der Waals surface area contributed by atoms with Gasteiger partial charge >= 0.3 is 21.3 Å². The molecule has 10 N–H and O–H groups in total. The van der Waals surface area contributed by atoms with Crippen molar-refractivity contribution in [1.29, 1.82) is 0 Å². The number of rotatable bonds is 9. The number of nitrogens with two attached hydrogens (primary N) is 1. The van der Waals surface area contributed by atoms with E-state index in [0.717, 1.165) is 6.33 Å². The van der Waals surface area contributed by atoms with Gasteiger partial charge in [-0.15, -0.1) is 0 Å². The van der Waals surface area contributed by atoms with Crippen molar-refractivity contribution in [2.24, 2.45) is 0 Å². The van der Waals surface area contributed by atoms with Gasteiger partial charge in [-0.3, -0.25) is 14.0 Å². The molecule has 36 heavy (non-hydrogen) atoms. The number of nitrogens with zero attached hydrogens (tertiary/aromatic N) is 3. The van der Waals surface area contributed by atoms with Gasteiger partial charge in [-0.2, -0.15) is 9.29 Å². The van der Waals surface area contributed by atoms with E-state index in [1.54, 1.807) is 0 Å². The van der Waals surface area contributed by atoms with Crippen molar-refractivity contribution in [3.8, 4) is 0 Å². The summed E-state index contributed by atoms with van der Waals surface area (Å²) in [5.74, 6) is 0.109. The van der Waals surface area contributed by atoms with E-state index in [1.165, 1.54) is 10.9 Å². The van der Waals surface area contributed by atoms with E-state index in [4.69, 9.17) is 20.3 Å². The summed E-state index contributed by atoms with van der Waals surface area (Å²) in [7, 11) is -10.8. The first-order chi connectivity index (χ1) is 16.8. The van der Waals surface area contributed by atoms with Gasteiger partial charge in [-0.05, 0) is 0 Å². The van der Waals surface area contributed by atoms with Gasteiger partial charge in [0.2, 0.25) is 11.7 Å². The Kier molecular flexibility index (Phi) is 7.78. The van der Waals surface area contributed by atoms with Crippen LogP contribution in [0.2, 0.25) is 0 Å². The van der Waals surface area contributed by atoms with Gasteiger partial charge in [-0.1, -0.05) is 4.98 Å². The molecule has 202 valence electrons. The van der Waals surface area contributed by atoms with Crippen molar-refractivity contribution >= 4 is 32.6 Å². The number of anilines is 1. The molecule has 19 nitrogen and oxygen atoms in total. The zero-order chi connectivity index (χ0) is 26.4. The lowest BCUT2D eigenvalue weighted by atomic mass is 10.1. The predicted octanol–water partition coefficient (Wildman–Crippen LogP) is -3.86. The zero-order valence-electron chi connectivity index (χ0n) is 18.0. The molecule has 2 aliphatic rings. The van der Waals surface area contributed by atoms with Gasteiger partial charge in [0.25, 0.3) is 0 Å². The fourth-order valence-corrected chi connectivity index (χ4v) is 5.79. The summed E-state index contributed by atoms with van der Waals surface area (Å²) < 4.78 is 49.2. The summed E-state index contributed by atoms with van der Waals surface area (Å²) >= 11 is 0. The van der Waals surface area contributed by atoms with Crippen LogP contribution in [0.25, 0.3) is 11.2 Å². The van der Waals surface area contributed by atoms with E-state index in [2.05, 4.69) is 28.3 Å². The van der Waals surface area contributed by atoms with Crippen LogP contribution in [0.15, 0.2) is 12.7 Å². The quantitative estimate of drug-likeness (QED) is 0.105. The Morgan fingerprint density at radius 1 is 1.03 bits per heavy atom. The molecule has 0 saturated carbocycles. The monoisotopic (exact) mass is 560 g/mol. The van der Waals surface area contributed by atoms with Gasteiger partial charge in [0.1, 0.15) is 36.6 Å². The van der Waals surface area contributed by atoms with E-state index in [9.17, 15) is 39.3 Å². The number of nitrogen functional groups attached to an aromatic ring is 1. The molecule has 0 aromatic carbocycles. The average Bonchev–Trinajstić information content (AvgIpc) is 3.43. The highest BCUT2D eigenvalue weighted by Gasteiger charge is 2.50. The minimum Gasteiger partial charge on any atom is -0.394 e. The normalized spacial score (nSPS) is 36.2. The fraction of sp³-hybridized carbons (Fsp3) is 0.667. The molecule has 2 aromatic rings. The highest BCUT2D eigenvalue weighted by atomic mass is 31.3. The molecular formula is C15H24N5O14P2+. The molecular weight excluding hydrogens is 536 g/mol. The lowest BCUT2D eigenvalue weighted by molar-refractivity contribution is -0.745. The molecule has 0 aliphatic carbocycles. The van der Waals surface area contributed by atoms with Crippen molar-refractivity contribution in [3.05, 3.63) is 12.7 Å². The summed E-state index contributed by atoms with van der Waals surface area (Å²) in [6.07, 6.45) is -10.2. The van der Waals surface area contributed by atoms with Crippen LogP contribution in [0.5, 0.6) is 0 Å². The number of hydrogen-bond donors (Lipinski definition) is 9. The van der Waals surface area contributed by atoms with E-state index in [-0.39, 0.29) is 11.5 Å². The van der Waals surface area contributed by atoms with E-state index >= 15 is 0 Å². The van der Waals surface area contributed by atoms with Crippen LogP contribution in [0.3, 0.4) is 0 Å². The topological polar surface area (TPSA) is 293 Å². The molecule has 2 saturated heterocycles. The maximum absolute atomic E-state index is 12.2. The third kappa shape index (κ3) is 5.45. The third-order valence-corrected chi connectivity index (χ3v) is 8.00. The average molecular weight is 560 g/mol. The highest BCUT2D eigenvalue weighted by molar-refractivity contribution is 7.61. The lowest BCUT2D eigenvalue weighted by Crippen LogP contribution is -2.45. The Labute approximate surface area is 200 Å². The molecule has 0 spiro atoms. The number of aromatic amines is 1. The number of nitrogens with one attached hydrogen (secondary N) is 1. The van der Waals surface area contributed by atoms with Gasteiger partial charge in [-0.25, -0.2) is 13.7 Å². The Morgan fingerprint density at radius 3 is 2.39 bits per heavy atom. The Balaban J connectivity index is 1.37. The minimum atomic E-state index is -5.44. The van der Waals surface area contributed by atoms with Crippen LogP contribution in [-0.2, 0) is 32.0 Å². The first kappa shape index (κ1) is 27.4. The van der Waals surface area contributed by atoms with Gasteiger partial charge in [0.15, 0.2) is 24.8 Å². The van der Waals surface area contributed by atoms with Crippen LogP contribution < -0.4 is 10.3 Å². The molecule has 4 heterocycles. The summed E-state index contributed by atoms with van der Waals surface area (Å²) in [5, 5.41) is 49.1. The number of aliphatic hydroxyl groups excluding tert-OH is 5. The van der Waals surface area contributed by atoms with Crippen LogP contribution in [-0.4, -0.2) is 106 Å². The molecule has 21 heteroatoms. The van der Waals surface area contributed by atoms with E-state index < -0.39 is 78.0 Å². The fourth-order valence-electron chi connectivity index (χ4n) is 3.63. The number of imidazole rings is 1. The van der Waals surface area contributed by atoms with Crippen molar-refractivity contribution in [2.45, 2.75) is 49.1 Å². The molecule has 0 radical (unpaired) electrons. The van der Waals surface area contributed by atoms with Gasteiger partial charge in [0.05, 0.1) is 13.2 Å². The largest absolute Gasteiger partial charge is 0.483 e. The molecule has 2 aromatic heterocycles. The maximum atomic E-state index is 12.2. The zero-order valence-corrected chi connectivity index (χ0v) is 19.8. The van der Waals surface area contributed by atoms with Crippen LogP contribution in [0, 0.1) is 0 Å².